The number of methoxy groups -OCH3 is 1. The second-order valence-electron chi connectivity index (χ2n) is 6.66. The SMILES string of the molecule is CCn1c(SCc2nc(-c3cccc(C(F)(F)F)c3)no2)nnc1-c1ccc(OC)cc1. The van der Waals surface area contributed by atoms with Crippen molar-refractivity contribution in [3.05, 3.63) is 60.0 Å². The smallest absolute Gasteiger partial charge is 0.416 e. The van der Waals surface area contributed by atoms with Crippen LogP contribution in [0.25, 0.3) is 22.8 Å². The summed E-state index contributed by atoms with van der Waals surface area (Å²) in [5.74, 6) is 2.14. The number of aromatic nitrogens is 5. The van der Waals surface area contributed by atoms with Crippen LogP contribution in [0.5, 0.6) is 5.75 Å². The summed E-state index contributed by atoms with van der Waals surface area (Å²) < 4.78 is 51.2. The van der Waals surface area contributed by atoms with Gasteiger partial charge in [-0.15, -0.1) is 10.2 Å². The number of benzene rings is 2. The van der Waals surface area contributed by atoms with Crippen molar-refractivity contribution < 1.29 is 22.4 Å². The van der Waals surface area contributed by atoms with E-state index in [2.05, 4.69) is 20.3 Å². The van der Waals surface area contributed by atoms with Crippen LogP contribution in [0.3, 0.4) is 0 Å². The van der Waals surface area contributed by atoms with Crippen molar-refractivity contribution in [1.29, 1.82) is 0 Å². The number of hydrogen-bond acceptors (Lipinski definition) is 7. The van der Waals surface area contributed by atoms with E-state index < -0.39 is 11.7 Å². The predicted octanol–water partition coefficient (Wildman–Crippen LogP) is 5.33. The Labute approximate surface area is 185 Å². The first-order valence-electron chi connectivity index (χ1n) is 9.59. The Morgan fingerprint density at radius 3 is 2.53 bits per heavy atom. The summed E-state index contributed by atoms with van der Waals surface area (Å²) in [6.45, 7) is 2.63. The number of hydrogen-bond donors (Lipinski definition) is 0. The van der Waals surface area contributed by atoms with Crippen LogP contribution in [0.4, 0.5) is 13.2 Å². The second-order valence-corrected chi connectivity index (χ2v) is 7.60. The van der Waals surface area contributed by atoms with Crippen molar-refractivity contribution in [2.24, 2.45) is 0 Å². The molecule has 0 atom stereocenters. The van der Waals surface area contributed by atoms with E-state index >= 15 is 0 Å². The summed E-state index contributed by atoms with van der Waals surface area (Å²) in [6.07, 6.45) is -4.44. The molecular weight excluding hydrogens is 443 g/mol. The van der Waals surface area contributed by atoms with Gasteiger partial charge in [-0.3, -0.25) is 0 Å². The molecule has 0 radical (unpaired) electrons. The van der Waals surface area contributed by atoms with Gasteiger partial charge in [0.05, 0.1) is 18.4 Å². The van der Waals surface area contributed by atoms with Gasteiger partial charge < -0.3 is 13.8 Å². The third-order valence-corrected chi connectivity index (χ3v) is 5.57. The first-order valence-corrected chi connectivity index (χ1v) is 10.6. The molecule has 0 N–H and O–H groups in total. The van der Waals surface area contributed by atoms with Crippen molar-refractivity contribution in [3.63, 3.8) is 0 Å². The van der Waals surface area contributed by atoms with Gasteiger partial charge in [-0.25, -0.2) is 0 Å². The minimum Gasteiger partial charge on any atom is -0.497 e. The van der Waals surface area contributed by atoms with Crippen molar-refractivity contribution in [1.82, 2.24) is 24.9 Å². The van der Waals surface area contributed by atoms with Gasteiger partial charge in [0.25, 0.3) is 0 Å². The molecule has 0 aliphatic heterocycles. The van der Waals surface area contributed by atoms with Crippen molar-refractivity contribution in [2.45, 2.75) is 30.6 Å². The maximum atomic E-state index is 12.9. The third kappa shape index (κ3) is 4.62. The Bertz CT molecular complexity index is 1200. The molecule has 2 heterocycles. The number of nitrogens with zero attached hydrogens (tertiary/aromatic N) is 5. The average molecular weight is 461 g/mol. The number of ether oxygens (including phenoxy) is 1. The molecule has 0 saturated carbocycles. The minimum absolute atomic E-state index is 0.0996. The molecule has 0 saturated heterocycles. The van der Waals surface area contributed by atoms with Crippen LogP contribution in [0.15, 0.2) is 58.2 Å². The molecular formula is C21H18F3N5O2S. The average Bonchev–Trinajstić information content (AvgIpc) is 3.44. The third-order valence-electron chi connectivity index (χ3n) is 4.62. The minimum atomic E-state index is -4.44. The fraction of sp³-hybridized carbons (Fsp3) is 0.238. The van der Waals surface area contributed by atoms with E-state index in [1.807, 2.05) is 35.8 Å². The fourth-order valence-corrected chi connectivity index (χ4v) is 3.87. The van der Waals surface area contributed by atoms with E-state index in [1.54, 1.807) is 7.11 Å². The highest BCUT2D eigenvalue weighted by molar-refractivity contribution is 7.98. The van der Waals surface area contributed by atoms with Crippen LogP contribution in [0, 0.1) is 0 Å². The molecule has 0 spiro atoms. The molecule has 0 fully saturated rings. The highest BCUT2D eigenvalue weighted by Gasteiger charge is 2.30. The molecule has 0 aliphatic rings. The molecule has 0 bridgehead atoms. The molecule has 0 amide bonds. The largest absolute Gasteiger partial charge is 0.497 e. The Kier molecular flexibility index (Phi) is 6.17. The Morgan fingerprint density at radius 1 is 1.06 bits per heavy atom. The lowest BCUT2D eigenvalue weighted by Crippen LogP contribution is -2.04. The summed E-state index contributed by atoms with van der Waals surface area (Å²) in [6, 6.07) is 12.3. The summed E-state index contributed by atoms with van der Waals surface area (Å²) in [5, 5.41) is 13.0. The number of rotatable bonds is 7. The van der Waals surface area contributed by atoms with Gasteiger partial charge in [0.1, 0.15) is 5.75 Å². The van der Waals surface area contributed by atoms with E-state index in [-0.39, 0.29) is 17.3 Å². The highest BCUT2D eigenvalue weighted by atomic mass is 32.2. The standard InChI is InChI=1S/C21H18F3N5O2S/c1-3-29-19(13-7-9-16(30-2)10-8-13)26-27-20(29)32-12-17-25-18(28-31-17)14-5-4-6-15(11-14)21(22,23)24/h4-11H,3,12H2,1-2H3. The molecule has 2 aromatic heterocycles. The molecule has 2 aromatic carbocycles. The lowest BCUT2D eigenvalue weighted by atomic mass is 10.1. The predicted molar refractivity (Wildman–Crippen MR) is 112 cm³/mol. The van der Waals surface area contributed by atoms with Gasteiger partial charge in [0, 0.05) is 17.7 Å². The van der Waals surface area contributed by atoms with Gasteiger partial charge in [0.2, 0.25) is 11.7 Å². The summed E-state index contributed by atoms with van der Waals surface area (Å²) in [4.78, 5) is 4.22. The number of alkyl halides is 3. The molecule has 0 aliphatic carbocycles. The number of thioether (sulfide) groups is 1. The van der Waals surface area contributed by atoms with Gasteiger partial charge >= 0.3 is 6.18 Å². The molecule has 4 aromatic rings. The molecule has 166 valence electrons. The van der Waals surface area contributed by atoms with E-state index in [0.717, 1.165) is 23.4 Å². The van der Waals surface area contributed by atoms with E-state index in [0.29, 0.717) is 23.3 Å². The van der Waals surface area contributed by atoms with Crippen molar-refractivity contribution in [2.75, 3.05) is 7.11 Å². The fourth-order valence-electron chi connectivity index (χ4n) is 3.03. The Hall–Kier alpha value is -3.34. The lowest BCUT2D eigenvalue weighted by Gasteiger charge is -2.07. The van der Waals surface area contributed by atoms with Gasteiger partial charge in [-0.2, -0.15) is 18.2 Å². The summed E-state index contributed by atoms with van der Waals surface area (Å²) >= 11 is 1.35. The van der Waals surface area contributed by atoms with E-state index in [4.69, 9.17) is 9.26 Å². The van der Waals surface area contributed by atoms with Crippen LogP contribution < -0.4 is 4.74 Å². The summed E-state index contributed by atoms with van der Waals surface area (Å²) in [7, 11) is 1.61. The highest BCUT2D eigenvalue weighted by Crippen LogP contribution is 2.32. The zero-order valence-corrected chi connectivity index (χ0v) is 17.9. The monoisotopic (exact) mass is 461 g/mol. The van der Waals surface area contributed by atoms with Gasteiger partial charge in [0.15, 0.2) is 11.0 Å². The van der Waals surface area contributed by atoms with Crippen LogP contribution in [-0.4, -0.2) is 32.0 Å². The quantitative estimate of drug-likeness (QED) is 0.344. The van der Waals surface area contributed by atoms with Crippen LogP contribution in [0.1, 0.15) is 18.4 Å². The number of halogens is 3. The first-order chi connectivity index (χ1) is 15.4. The Balaban J connectivity index is 1.49. The summed E-state index contributed by atoms with van der Waals surface area (Å²) in [5.41, 5.74) is 0.368. The Morgan fingerprint density at radius 2 is 1.84 bits per heavy atom. The first kappa shape index (κ1) is 21.9. The zero-order valence-electron chi connectivity index (χ0n) is 17.1. The van der Waals surface area contributed by atoms with Crippen molar-refractivity contribution >= 4 is 11.8 Å². The molecule has 7 nitrogen and oxygen atoms in total. The van der Waals surface area contributed by atoms with E-state index in [9.17, 15) is 13.2 Å². The van der Waals surface area contributed by atoms with Crippen LogP contribution >= 0.6 is 11.8 Å². The zero-order chi connectivity index (χ0) is 22.7. The topological polar surface area (TPSA) is 78.9 Å². The van der Waals surface area contributed by atoms with Crippen LogP contribution in [0.2, 0.25) is 0 Å². The molecule has 4 rings (SSSR count). The van der Waals surface area contributed by atoms with Gasteiger partial charge in [-0.05, 0) is 43.3 Å². The normalized spacial score (nSPS) is 11.7. The maximum Gasteiger partial charge on any atom is 0.416 e. The van der Waals surface area contributed by atoms with E-state index in [1.165, 1.54) is 23.9 Å². The molecule has 11 heteroatoms. The lowest BCUT2D eigenvalue weighted by molar-refractivity contribution is -0.137. The second kappa shape index (κ2) is 9.03. The molecule has 32 heavy (non-hydrogen) atoms. The van der Waals surface area contributed by atoms with Crippen molar-refractivity contribution in [3.8, 4) is 28.5 Å². The van der Waals surface area contributed by atoms with Crippen LogP contribution in [-0.2, 0) is 18.5 Å². The maximum absolute atomic E-state index is 12.9. The van der Waals surface area contributed by atoms with Gasteiger partial charge in [-0.1, -0.05) is 29.1 Å². The molecule has 0 unspecified atom stereocenters.